The van der Waals surface area contributed by atoms with Crippen molar-refractivity contribution in [2.24, 2.45) is 5.73 Å². The van der Waals surface area contributed by atoms with Crippen molar-refractivity contribution >= 4 is 18.4 Å². The standard InChI is InChI=1S/C10H11NO4.ClH/c11-9(10(12)13)6-1-2-7-8(5-6)15-4-3-14-7;/h1-2,5,9H,3-4,11H2,(H,12,13);1H/t9-;/m1./s1. The summed E-state index contributed by atoms with van der Waals surface area (Å²) in [5, 5.41) is 8.74. The molecule has 1 atom stereocenters. The van der Waals surface area contributed by atoms with Gasteiger partial charge in [-0.25, -0.2) is 0 Å². The molecule has 0 amide bonds. The third kappa shape index (κ3) is 2.37. The first kappa shape index (κ1) is 12.6. The van der Waals surface area contributed by atoms with Gasteiger partial charge in [-0.15, -0.1) is 12.4 Å². The molecular formula is C10H12ClNO4. The van der Waals surface area contributed by atoms with E-state index < -0.39 is 12.0 Å². The number of nitrogens with two attached hydrogens (primary N) is 1. The molecule has 0 unspecified atom stereocenters. The molecule has 0 bridgehead atoms. The highest BCUT2D eigenvalue weighted by Crippen LogP contribution is 2.32. The Morgan fingerprint density at radius 2 is 1.94 bits per heavy atom. The van der Waals surface area contributed by atoms with Crippen molar-refractivity contribution in [2.75, 3.05) is 13.2 Å². The molecule has 5 nitrogen and oxygen atoms in total. The molecule has 6 heteroatoms. The maximum absolute atomic E-state index is 10.7. The Kier molecular flexibility index (Phi) is 3.98. The van der Waals surface area contributed by atoms with Crippen LogP contribution in [0.2, 0.25) is 0 Å². The van der Waals surface area contributed by atoms with Crippen molar-refractivity contribution < 1.29 is 19.4 Å². The topological polar surface area (TPSA) is 81.8 Å². The van der Waals surface area contributed by atoms with Gasteiger partial charge in [0.05, 0.1) is 0 Å². The third-order valence-corrected chi connectivity index (χ3v) is 2.19. The van der Waals surface area contributed by atoms with Gasteiger partial charge in [-0.3, -0.25) is 4.79 Å². The van der Waals surface area contributed by atoms with Crippen molar-refractivity contribution in [1.29, 1.82) is 0 Å². The molecule has 2 rings (SSSR count). The number of aliphatic carboxylic acids is 1. The van der Waals surface area contributed by atoms with Crippen LogP contribution in [0, 0.1) is 0 Å². The summed E-state index contributed by atoms with van der Waals surface area (Å²) in [4.78, 5) is 10.7. The Balaban J connectivity index is 0.00000128. The maximum atomic E-state index is 10.7. The van der Waals surface area contributed by atoms with Crippen LogP contribution in [0.3, 0.4) is 0 Å². The van der Waals surface area contributed by atoms with Crippen LogP contribution in [-0.2, 0) is 4.79 Å². The summed E-state index contributed by atoms with van der Waals surface area (Å²) in [6, 6.07) is 3.88. The van der Waals surface area contributed by atoms with E-state index >= 15 is 0 Å². The van der Waals surface area contributed by atoms with Crippen molar-refractivity contribution in [3.8, 4) is 11.5 Å². The number of rotatable bonds is 2. The van der Waals surface area contributed by atoms with Crippen LogP contribution in [0.1, 0.15) is 11.6 Å². The van der Waals surface area contributed by atoms with Crippen LogP contribution in [0.25, 0.3) is 0 Å². The highest BCUT2D eigenvalue weighted by molar-refractivity contribution is 5.85. The first-order valence-electron chi connectivity index (χ1n) is 4.56. The number of carboxylic acids is 1. The molecular weight excluding hydrogens is 234 g/mol. The number of hydrogen-bond acceptors (Lipinski definition) is 4. The minimum absolute atomic E-state index is 0. The first-order valence-corrected chi connectivity index (χ1v) is 4.56. The van der Waals surface area contributed by atoms with Gasteiger partial charge < -0.3 is 20.3 Å². The molecule has 0 aliphatic carbocycles. The quantitative estimate of drug-likeness (QED) is 0.811. The minimum atomic E-state index is -1.06. The molecule has 0 saturated heterocycles. The third-order valence-electron chi connectivity index (χ3n) is 2.19. The van der Waals surface area contributed by atoms with Crippen LogP contribution in [0.4, 0.5) is 0 Å². The van der Waals surface area contributed by atoms with Gasteiger partial charge in [0, 0.05) is 0 Å². The van der Waals surface area contributed by atoms with Crippen LogP contribution < -0.4 is 15.2 Å². The lowest BCUT2D eigenvalue weighted by Gasteiger charge is -2.19. The number of fused-ring (bicyclic) bond motifs is 1. The second kappa shape index (κ2) is 5.05. The summed E-state index contributed by atoms with van der Waals surface area (Å²) >= 11 is 0. The fourth-order valence-corrected chi connectivity index (χ4v) is 1.40. The molecule has 0 aromatic heterocycles. The van der Waals surface area contributed by atoms with Gasteiger partial charge in [0.25, 0.3) is 0 Å². The lowest BCUT2D eigenvalue weighted by Crippen LogP contribution is -2.21. The van der Waals surface area contributed by atoms with Gasteiger partial charge in [0.1, 0.15) is 19.3 Å². The number of hydrogen-bond donors (Lipinski definition) is 2. The largest absolute Gasteiger partial charge is 0.486 e. The Morgan fingerprint density at radius 1 is 1.31 bits per heavy atom. The molecule has 88 valence electrons. The fourth-order valence-electron chi connectivity index (χ4n) is 1.40. The zero-order chi connectivity index (χ0) is 10.8. The summed E-state index contributed by atoms with van der Waals surface area (Å²) in [6.45, 7) is 0.982. The minimum Gasteiger partial charge on any atom is -0.486 e. The summed E-state index contributed by atoms with van der Waals surface area (Å²) in [6.07, 6.45) is 0. The SMILES string of the molecule is Cl.N[C@@H](C(=O)O)c1ccc2c(c1)OCCO2. The first-order chi connectivity index (χ1) is 7.18. The fraction of sp³-hybridized carbons (Fsp3) is 0.300. The molecule has 1 aromatic carbocycles. The van der Waals surface area contributed by atoms with Gasteiger partial charge in [0.15, 0.2) is 11.5 Å². The summed E-state index contributed by atoms with van der Waals surface area (Å²) < 4.78 is 10.6. The van der Waals surface area contributed by atoms with Crippen LogP contribution >= 0.6 is 12.4 Å². The van der Waals surface area contributed by atoms with E-state index in [9.17, 15) is 4.79 Å². The van der Waals surface area contributed by atoms with E-state index in [2.05, 4.69) is 0 Å². The van der Waals surface area contributed by atoms with E-state index in [1.807, 2.05) is 0 Å². The smallest absolute Gasteiger partial charge is 0.325 e. The highest BCUT2D eigenvalue weighted by atomic mass is 35.5. The Labute approximate surface area is 98.6 Å². The van der Waals surface area contributed by atoms with E-state index in [1.54, 1.807) is 18.2 Å². The van der Waals surface area contributed by atoms with Gasteiger partial charge in [-0.2, -0.15) is 0 Å². The lowest BCUT2D eigenvalue weighted by molar-refractivity contribution is -0.138. The zero-order valence-electron chi connectivity index (χ0n) is 8.38. The van der Waals surface area contributed by atoms with E-state index in [0.717, 1.165) is 0 Å². The summed E-state index contributed by atoms with van der Waals surface area (Å²) in [5.41, 5.74) is 5.98. The number of ether oxygens (including phenoxy) is 2. The molecule has 1 heterocycles. The average molecular weight is 246 g/mol. The Bertz CT molecular complexity index is 396. The number of carboxylic acid groups (broad SMARTS) is 1. The number of carbonyl (C=O) groups is 1. The molecule has 0 fully saturated rings. The highest BCUT2D eigenvalue weighted by Gasteiger charge is 2.18. The number of benzene rings is 1. The van der Waals surface area contributed by atoms with Crippen molar-refractivity contribution in [1.82, 2.24) is 0 Å². The zero-order valence-corrected chi connectivity index (χ0v) is 9.20. The summed E-state index contributed by atoms with van der Waals surface area (Å²) in [5.74, 6) is 0.115. The molecule has 0 saturated carbocycles. The number of halogens is 1. The van der Waals surface area contributed by atoms with Crippen molar-refractivity contribution in [2.45, 2.75) is 6.04 Å². The Hall–Kier alpha value is -1.46. The lowest BCUT2D eigenvalue weighted by atomic mass is 10.1. The van der Waals surface area contributed by atoms with Gasteiger partial charge in [-0.05, 0) is 17.7 Å². The monoisotopic (exact) mass is 245 g/mol. The second-order valence-electron chi connectivity index (χ2n) is 3.22. The predicted molar refractivity (Wildman–Crippen MR) is 59.2 cm³/mol. The average Bonchev–Trinajstić information content (AvgIpc) is 2.27. The normalized spacial score (nSPS) is 14.8. The van der Waals surface area contributed by atoms with Crippen molar-refractivity contribution in [3.05, 3.63) is 23.8 Å². The molecule has 0 spiro atoms. The van der Waals surface area contributed by atoms with E-state index in [0.29, 0.717) is 30.3 Å². The maximum Gasteiger partial charge on any atom is 0.325 e. The predicted octanol–water partition coefficient (Wildman–Crippen LogP) is 0.964. The van der Waals surface area contributed by atoms with E-state index in [-0.39, 0.29) is 12.4 Å². The van der Waals surface area contributed by atoms with Crippen LogP contribution in [0.5, 0.6) is 11.5 Å². The molecule has 1 aliphatic heterocycles. The Morgan fingerprint density at radius 3 is 2.56 bits per heavy atom. The molecule has 1 aromatic rings. The van der Waals surface area contributed by atoms with E-state index in [4.69, 9.17) is 20.3 Å². The van der Waals surface area contributed by atoms with Crippen LogP contribution in [-0.4, -0.2) is 24.3 Å². The summed E-state index contributed by atoms with van der Waals surface area (Å²) in [7, 11) is 0. The van der Waals surface area contributed by atoms with Gasteiger partial charge >= 0.3 is 5.97 Å². The van der Waals surface area contributed by atoms with E-state index in [1.165, 1.54) is 0 Å². The van der Waals surface area contributed by atoms with Crippen molar-refractivity contribution in [3.63, 3.8) is 0 Å². The van der Waals surface area contributed by atoms with Gasteiger partial charge in [-0.1, -0.05) is 6.07 Å². The second-order valence-corrected chi connectivity index (χ2v) is 3.22. The molecule has 0 radical (unpaired) electrons. The van der Waals surface area contributed by atoms with Gasteiger partial charge in [0.2, 0.25) is 0 Å². The molecule has 16 heavy (non-hydrogen) atoms. The molecule has 3 N–H and O–H groups in total. The van der Waals surface area contributed by atoms with Crippen LogP contribution in [0.15, 0.2) is 18.2 Å². The molecule has 1 aliphatic rings.